The van der Waals surface area contributed by atoms with Gasteiger partial charge in [-0.05, 0) is 31.2 Å². The Morgan fingerprint density at radius 3 is 2.42 bits per heavy atom. The van der Waals surface area contributed by atoms with Gasteiger partial charge in [-0.2, -0.15) is 0 Å². The quantitative estimate of drug-likeness (QED) is 0.595. The smallest absolute Gasteiger partial charge is 0.408 e. The van der Waals surface area contributed by atoms with Crippen LogP contribution in [0.15, 0.2) is 28.7 Å². The first kappa shape index (κ1) is 16.7. The van der Waals surface area contributed by atoms with Crippen molar-refractivity contribution in [2.45, 2.75) is 16.9 Å². The number of amides is 1. The highest BCUT2D eigenvalue weighted by molar-refractivity contribution is 9.10. The zero-order valence-electron chi connectivity index (χ0n) is 9.92. The minimum absolute atomic E-state index is 0.233. The first-order chi connectivity index (χ1) is 8.82. The van der Waals surface area contributed by atoms with Crippen LogP contribution in [0.5, 0.6) is 0 Å². The van der Waals surface area contributed by atoms with Crippen molar-refractivity contribution in [2.75, 3.05) is 11.9 Å². The van der Waals surface area contributed by atoms with E-state index in [1.807, 2.05) is 12.1 Å². The van der Waals surface area contributed by atoms with Crippen LogP contribution in [-0.2, 0) is 4.74 Å². The van der Waals surface area contributed by atoms with Crippen molar-refractivity contribution in [3.8, 4) is 0 Å². The summed E-state index contributed by atoms with van der Waals surface area (Å²) in [5.74, 6) is 0. The summed E-state index contributed by atoms with van der Waals surface area (Å²) in [4.78, 5) is 11.4. The molecule has 1 amide bonds. The fourth-order valence-corrected chi connectivity index (χ4v) is 1.79. The molecule has 106 valence electrons. The molecule has 4 nitrogen and oxygen atoms in total. The maximum absolute atomic E-state index is 11.4. The number of ether oxygens (including phenoxy) is 1. The van der Waals surface area contributed by atoms with Crippen LogP contribution in [-0.4, -0.2) is 22.7 Å². The highest BCUT2D eigenvalue weighted by atomic mass is 79.9. The lowest BCUT2D eigenvalue weighted by Crippen LogP contribution is -2.49. The van der Waals surface area contributed by atoms with Gasteiger partial charge in [0.2, 0.25) is 3.79 Å². The van der Waals surface area contributed by atoms with Crippen molar-refractivity contribution < 1.29 is 9.53 Å². The lowest BCUT2D eigenvalue weighted by Gasteiger charge is -2.26. The lowest BCUT2D eigenvalue weighted by molar-refractivity contribution is 0.149. The van der Waals surface area contributed by atoms with Crippen LogP contribution in [0.1, 0.15) is 6.92 Å². The molecule has 19 heavy (non-hydrogen) atoms. The second-order valence-corrected chi connectivity index (χ2v) is 6.78. The molecule has 0 bridgehead atoms. The molecule has 0 heterocycles. The molecule has 0 spiro atoms. The van der Waals surface area contributed by atoms with E-state index >= 15 is 0 Å². The minimum atomic E-state index is -1.72. The third-order valence-corrected chi connectivity index (χ3v) is 3.20. The van der Waals surface area contributed by atoms with E-state index in [9.17, 15) is 4.79 Å². The van der Waals surface area contributed by atoms with Crippen LogP contribution in [0.25, 0.3) is 0 Å². The van der Waals surface area contributed by atoms with Gasteiger partial charge in [0, 0.05) is 10.2 Å². The second kappa shape index (κ2) is 7.43. The molecule has 8 heteroatoms. The third kappa shape index (κ3) is 6.08. The number of rotatable bonds is 4. The van der Waals surface area contributed by atoms with Crippen molar-refractivity contribution >= 4 is 62.5 Å². The lowest BCUT2D eigenvalue weighted by atomic mass is 10.3. The average Bonchev–Trinajstić information content (AvgIpc) is 2.30. The Balaban J connectivity index is 2.75. The molecule has 0 radical (unpaired) electrons. The van der Waals surface area contributed by atoms with Gasteiger partial charge in [0.1, 0.15) is 6.17 Å². The molecular weight excluding hydrogens is 378 g/mol. The van der Waals surface area contributed by atoms with Gasteiger partial charge in [-0.25, -0.2) is 4.79 Å². The van der Waals surface area contributed by atoms with Crippen LogP contribution in [0.4, 0.5) is 10.5 Å². The highest BCUT2D eigenvalue weighted by Gasteiger charge is 2.34. The predicted octanol–water partition coefficient (Wildman–Crippen LogP) is 4.30. The molecule has 0 aliphatic heterocycles. The van der Waals surface area contributed by atoms with E-state index in [-0.39, 0.29) is 6.61 Å². The molecule has 1 aromatic carbocycles. The SMILES string of the molecule is CCOC(=O)N[C@@H](Nc1ccc(Br)cc1)C(Cl)(Cl)Cl. The van der Waals surface area contributed by atoms with Crippen LogP contribution >= 0.6 is 50.7 Å². The Morgan fingerprint density at radius 1 is 1.37 bits per heavy atom. The van der Waals surface area contributed by atoms with Gasteiger partial charge < -0.3 is 10.1 Å². The molecule has 2 N–H and O–H groups in total. The largest absolute Gasteiger partial charge is 0.450 e. The van der Waals surface area contributed by atoms with E-state index in [2.05, 4.69) is 26.6 Å². The summed E-state index contributed by atoms with van der Waals surface area (Å²) in [6, 6.07) is 7.20. The monoisotopic (exact) mass is 388 g/mol. The van der Waals surface area contributed by atoms with E-state index < -0.39 is 16.1 Å². The molecule has 0 aromatic heterocycles. The Kier molecular flexibility index (Phi) is 6.53. The maximum Gasteiger partial charge on any atom is 0.408 e. The molecule has 0 fully saturated rings. The first-order valence-electron chi connectivity index (χ1n) is 5.35. The number of carbonyl (C=O) groups is 1. The number of alkyl carbamates (subject to hydrolysis) is 1. The summed E-state index contributed by atoms with van der Waals surface area (Å²) >= 11 is 20.8. The predicted molar refractivity (Wildman–Crippen MR) is 82.0 cm³/mol. The van der Waals surface area contributed by atoms with Crippen LogP contribution < -0.4 is 10.6 Å². The van der Waals surface area contributed by atoms with Gasteiger partial charge in [-0.3, -0.25) is 5.32 Å². The van der Waals surface area contributed by atoms with Crippen molar-refractivity contribution in [1.82, 2.24) is 5.32 Å². The molecule has 0 unspecified atom stereocenters. The second-order valence-electron chi connectivity index (χ2n) is 3.49. The standard InChI is InChI=1S/C11H12BrCl3N2O2/c1-2-19-10(18)17-9(11(13,14)15)16-8-5-3-7(12)4-6-8/h3-6,9,16H,2H2,1H3,(H,17,18)/t9-/m1/s1. The summed E-state index contributed by atoms with van der Waals surface area (Å²) in [7, 11) is 0. The summed E-state index contributed by atoms with van der Waals surface area (Å²) in [6.07, 6.45) is -1.58. The van der Waals surface area contributed by atoms with E-state index in [1.54, 1.807) is 19.1 Å². The van der Waals surface area contributed by atoms with Crippen LogP contribution in [0.3, 0.4) is 0 Å². The Hall–Kier alpha value is -0.360. The summed E-state index contributed by atoms with van der Waals surface area (Å²) < 4.78 is 3.95. The van der Waals surface area contributed by atoms with Crippen molar-refractivity contribution in [3.05, 3.63) is 28.7 Å². The fraction of sp³-hybridized carbons (Fsp3) is 0.364. The summed E-state index contributed by atoms with van der Waals surface area (Å²) in [6.45, 7) is 1.92. The molecule has 0 saturated carbocycles. The van der Waals surface area contributed by atoms with Gasteiger partial charge in [-0.1, -0.05) is 50.7 Å². The van der Waals surface area contributed by atoms with E-state index in [0.29, 0.717) is 5.69 Å². The zero-order chi connectivity index (χ0) is 14.5. The molecule has 0 saturated heterocycles. The molecule has 0 aliphatic rings. The van der Waals surface area contributed by atoms with E-state index in [1.165, 1.54) is 0 Å². The molecule has 1 rings (SSSR count). The van der Waals surface area contributed by atoms with Gasteiger partial charge >= 0.3 is 6.09 Å². The minimum Gasteiger partial charge on any atom is -0.450 e. The number of hydrogen-bond donors (Lipinski definition) is 2. The topological polar surface area (TPSA) is 50.4 Å². The number of halogens is 4. The average molecular weight is 390 g/mol. The first-order valence-corrected chi connectivity index (χ1v) is 7.27. The van der Waals surface area contributed by atoms with Gasteiger partial charge in [-0.15, -0.1) is 0 Å². The van der Waals surface area contributed by atoms with Gasteiger partial charge in [0.15, 0.2) is 0 Å². The Labute approximate surface area is 134 Å². The summed E-state index contributed by atoms with van der Waals surface area (Å²) in [5.41, 5.74) is 0.691. The number of anilines is 1. The van der Waals surface area contributed by atoms with E-state index in [0.717, 1.165) is 4.47 Å². The van der Waals surface area contributed by atoms with Crippen molar-refractivity contribution in [2.24, 2.45) is 0 Å². The number of hydrogen-bond acceptors (Lipinski definition) is 3. The molecule has 1 atom stereocenters. The molecule has 1 aromatic rings. The van der Waals surface area contributed by atoms with Crippen LogP contribution in [0.2, 0.25) is 0 Å². The zero-order valence-corrected chi connectivity index (χ0v) is 13.8. The van der Waals surface area contributed by atoms with Crippen molar-refractivity contribution in [1.29, 1.82) is 0 Å². The number of nitrogens with one attached hydrogen (secondary N) is 2. The highest BCUT2D eigenvalue weighted by Crippen LogP contribution is 2.31. The van der Waals surface area contributed by atoms with Gasteiger partial charge in [0.05, 0.1) is 6.61 Å². The molecule has 0 aliphatic carbocycles. The van der Waals surface area contributed by atoms with Crippen LogP contribution in [0, 0.1) is 0 Å². The normalized spacial score (nSPS) is 12.7. The van der Waals surface area contributed by atoms with Gasteiger partial charge in [0.25, 0.3) is 0 Å². The number of benzene rings is 1. The number of carbonyl (C=O) groups excluding carboxylic acids is 1. The summed E-state index contributed by atoms with van der Waals surface area (Å²) in [5, 5.41) is 5.35. The fourth-order valence-electron chi connectivity index (χ4n) is 1.20. The number of alkyl halides is 3. The Morgan fingerprint density at radius 2 is 1.95 bits per heavy atom. The Bertz CT molecular complexity index is 423. The molecular formula is C11H12BrCl3N2O2. The maximum atomic E-state index is 11.4. The third-order valence-electron chi connectivity index (χ3n) is 2.02. The van der Waals surface area contributed by atoms with Crippen molar-refractivity contribution in [3.63, 3.8) is 0 Å². The van der Waals surface area contributed by atoms with E-state index in [4.69, 9.17) is 39.5 Å².